The van der Waals surface area contributed by atoms with Gasteiger partial charge in [0.15, 0.2) is 0 Å². The van der Waals surface area contributed by atoms with Crippen molar-refractivity contribution in [3.05, 3.63) is 54.1 Å². The number of rotatable bonds is 5. The zero-order valence-electron chi connectivity index (χ0n) is 12.7. The van der Waals surface area contributed by atoms with E-state index in [4.69, 9.17) is 4.74 Å². The van der Waals surface area contributed by atoms with Crippen molar-refractivity contribution in [1.29, 1.82) is 0 Å². The maximum Gasteiger partial charge on any atom is 0.256 e. The number of para-hydroxylation sites is 2. The molecule has 1 fully saturated rings. The van der Waals surface area contributed by atoms with Crippen molar-refractivity contribution in [2.24, 2.45) is 0 Å². The zero-order chi connectivity index (χ0) is 16.1. The molecule has 0 radical (unpaired) electrons. The van der Waals surface area contributed by atoms with Gasteiger partial charge in [0.1, 0.15) is 5.75 Å². The molecule has 1 atom stereocenters. The van der Waals surface area contributed by atoms with Crippen LogP contribution in [0.5, 0.6) is 5.75 Å². The van der Waals surface area contributed by atoms with Crippen molar-refractivity contribution >= 4 is 23.4 Å². The summed E-state index contributed by atoms with van der Waals surface area (Å²) < 4.78 is 5.63. The van der Waals surface area contributed by atoms with Gasteiger partial charge >= 0.3 is 0 Å². The van der Waals surface area contributed by atoms with Crippen LogP contribution in [0.15, 0.2) is 53.4 Å². The van der Waals surface area contributed by atoms with Gasteiger partial charge < -0.3 is 15.2 Å². The zero-order valence-corrected chi connectivity index (χ0v) is 13.5. The fourth-order valence-corrected chi connectivity index (χ4v) is 3.63. The molecule has 0 unspecified atom stereocenters. The monoisotopic (exact) mass is 329 g/mol. The molecule has 2 N–H and O–H groups in total. The molecule has 4 nitrogen and oxygen atoms in total. The molecule has 3 rings (SSSR count). The third-order valence-corrected chi connectivity index (χ3v) is 4.94. The summed E-state index contributed by atoms with van der Waals surface area (Å²) in [6, 6.07) is 14.2. The van der Waals surface area contributed by atoms with E-state index < -0.39 is 0 Å². The lowest BCUT2D eigenvalue weighted by atomic mass is 10.2. The highest BCUT2D eigenvalue weighted by atomic mass is 32.2. The number of carbonyl (C=O) groups excluding carboxylic acids is 1. The van der Waals surface area contributed by atoms with Crippen LogP contribution in [0.4, 0.5) is 5.69 Å². The predicted octanol–water partition coefficient (Wildman–Crippen LogP) is 3.92. The third kappa shape index (κ3) is 4.06. The number of ether oxygens (including phenoxy) is 1. The van der Waals surface area contributed by atoms with E-state index >= 15 is 0 Å². The first-order valence-corrected chi connectivity index (χ1v) is 8.65. The summed E-state index contributed by atoms with van der Waals surface area (Å²) in [6.07, 6.45) is 2.47. The lowest BCUT2D eigenvalue weighted by molar-refractivity contribution is 0.102. The van der Waals surface area contributed by atoms with Crippen LogP contribution in [-0.2, 0) is 4.74 Å². The van der Waals surface area contributed by atoms with Crippen LogP contribution >= 0.6 is 11.8 Å². The van der Waals surface area contributed by atoms with E-state index in [9.17, 15) is 9.90 Å². The second kappa shape index (κ2) is 7.53. The Morgan fingerprint density at radius 1 is 1.22 bits per heavy atom. The van der Waals surface area contributed by atoms with Crippen molar-refractivity contribution in [2.75, 3.05) is 17.7 Å². The third-order valence-electron chi connectivity index (χ3n) is 3.73. The Morgan fingerprint density at radius 3 is 2.78 bits per heavy atom. The lowest BCUT2D eigenvalue weighted by Gasteiger charge is -2.13. The fourth-order valence-electron chi connectivity index (χ4n) is 2.51. The normalized spacial score (nSPS) is 17.1. The van der Waals surface area contributed by atoms with E-state index in [1.54, 1.807) is 42.1 Å². The maximum atomic E-state index is 12.5. The maximum absolute atomic E-state index is 12.5. The minimum atomic E-state index is -0.220. The number of hydrogen-bond donors (Lipinski definition) is 2. The van der Waals surface area contributed by atoms with Gasteiger partial charge in [0.25, 0.3) is 5.91 Å². The van der Waals surface area contributed by atoms with Gasteiger partial charge in [-0.3, -0.25) is 4.79 Å². The van der Waals surface area contributed by atoms with Crippen LogP contribution in [0.2, 0.25) is 0 Å². The van der Waals surface area contributed by atoms with E-state index in [2.05, 4.69) is 5.32 Å². The molecule has 2 aromatic carbocycles. The standard InChI is InChI=1S/C18H19NO3S/c20-16-9-3-2-8-15(16)19-18(21)14-7-1-4-10-17(14)23-12-13-6-5-11-22-13/h1-4,7-10,13,20H,5-6,11-12H2,(H,19,21)/t13-/m1/s1. The first-order valence-electron chi connectivity index (χ1n) is 7.67. The fraction of sp³-hybridized carbons (Fsp3) is 0.278. The molecule has 1 aliphatic heterocycles. The van der Waals surface area contributed by atoms with Gasteiger partial charge in [0.2, 0.25) is 0 Å². The Kier molecular flexibility index (Phi) is 5.20. The molecule has 0 saturated carbocycles. The lowest BCUT2D eigenvalue weighted by Crippen LogP contribution is -2.14. The number of nitrogens with one attached hydrogen (secondary N) is 1. The number of thioether (sulfide) groups is 1. The Labute approximate surface area is 139 Å². The van der Waals surface area contributed by atoms with E-state index in [1.165, 1.54) is 0 Å². The summed E-state index contributed by atoms with van der Waals surface area (Å²) in [6.45, 7) is 0.834. The molecule has 0 aromatic heterocycles. The number of anilines is 1. The molecular formula is C18H19NO3S. The summed E-state index contributed by atoms with van der Waals surface area (Å²) >= 11 is 1.64. The van der Waals surface area contributed by atoms with Gasteiger partial charge in [0.05, 0.1) is 17.4 Å². The Hall–Kier alpha value is -1.98. The smallest absolute Gasteiger partial charge is 0.256 e. The molecule has 0 aliphatic carbocycles. The van der Waals surface area contributed by atoms with E-state index in [1.807, 2.05) is 18.2 Å². The summed E-state index contributed by atoms with van der Waals surface area (Å²) in [5.41, 5.74) is 1.02. The van der Waals surface area contributed by atoms with Gasteiger partial charge in [-0.1, -0.05) is 24.3 Å². The highest BCUT2D eigenvalue weighted by Crippen LogP contribution is 2.28. The van der Waals surface area contributed by atoms with Crippen molar-refractivity contribution in [3.8, 4) is 5.75 Å². The molecule has 1 heterocycles. The first-order chi connectivity index (χ1) is 11.2. The molecular weight excluding hydrogens is 310 g/mol. The van der Waals surface area contributed by atoms with Crippen LogP contribution in [0.3, 0.4) is 0 Å². The molecule has 2 aromatic rings. The van der Waals surface area contributed by atoms with Crippen molar-refractivity contribution in [1.82, 2.24) is 0 Å². The van der Waals surface area contributed by atoms with Crippen molar-refractivity contribution in [2.45, 2.75) is 23.8 Å². The molecule has 1 aliphatic rings. The van der Waals surface area contributed by atoms with E-state index in [0.717, 1.165) is 30.1 Å². The van der Waals surface area contributed by atoms with Crippen molar-refractivity contribution in [3.63, 3.8) is 0 Å². The summed E-state index contributed by atoms with van der Waals surface area (Å²) in [4.78, 5) is 13.4. The molecule has 0 bridgehead atoms. The Bertz CT molecular complexity index is 683. The molecule has 23 heavy (non-hydrogen) atoms. The van der Waals surface area contributed by atoms with Gasteiger partial charge in [-0.05, 0) is 37.1 Å². The van der Waals surface area contributed by atoms with E-state index in [-0.39, 0.29) is 17.8 Å². The summed E-state index contributed by atoms with van der Waals surface area (Å²) in [5.74, 6) is 0.688. The number of benzene rings is 2. The second-order valence-corrected chi connectivity index (χ2v) is 6.48. The number of hydrogen-bond acceptors (Lipinski definition) is 4. The number of phenolic OH excluding ortho intramolecular Hbond substituents is 1. The number of phenols is 1. The quantitative estimate of drug-likeness (QED) is 0.645. The van der Waals surface area contributed by atoms with Crippen LogP contribution < -0.4 is 5.32 Å². The topological polar surface area (TPSA) is 58.6 Å². The second-order valence-electron chi connectivity index (χ2n) is 5.41. The predicted molar refractivity (Wildman–Crippen MR) is 92.2 cm³/mol. The SMILES string of the molecule is O=C(Nc1ccccc1O)c1ccccc1SC[C@H]1CCCO1. The van der Waals surface area contributed by atoms with Crippen LogP contribution in [0, 0.1) is 0 Å². The highest BCUT2D eigenvalue weighted by molar-refractivity contribution is 7.99. The minimum absolute atomic E-state index is 0.0605. The van der Waals surface area contributed by atoms with Gasteiger partial charge in [0, 0.05) is 17.3 Å². The van der Waals surface area contributed by atoms with Crippen molar-refractivity contribution < 1.29 is 14.6 Å². The Balaban J connectivity index is 1.71. The van der Waals surface area contributed by atoms with Crippen LogP contribution in [0.25, 0.3) is 0 Å². The van der Waals surface area contributed by atoms with Crippen LogP contribution in [-0.4, -0.2) is 29.5 Å². The average Bonchev–Trinajstić information content (AvgIpc) is 3.09. The van der Waals surface area contributed by atoms with Gasteiger partial charge in [-0.25, -0.2) is 0 Å². The summed E-state index contributed by atoms with van der Waals surface area (Å²) in [5, 5.41) is 12.5. The molecule has 1 amide bonds. The largest absolute Gasteiger partial charge is 0.506 e. The summed E-state index contributed by atoms with van der Waals surface area (Å²) in [7, 11) is 0. The molecule has 0 spiro atoms. The van der Waals surface area contributed by atoms with E-state index in [0.29, 0.717) is 11.3 Å². The molecule has 5 heteroatoms. The van der Waals surface area contributed by atoms with Gasteiger partial charge in [-0.2, -0.15) is 0 Å². The minimum Gasteiger partial charge on any atom is -0.506 e. The Morgan fingerprint density at radius 2 is 2.00 bits per heavy atom. The highest BCUT2D eigenvalue weighted by Gasteiger charge is 2.18. The average molecular weight is 329 g/mol. The molecule has 1 saturated heterocycles. The molecule has 120 valence electrons. The first kappa shape index (κ1) is 15.9. The van der Waals surface area contributed by atoms with Gasteiger partial charge in [-0.15, -0.1) is 11.8 Å². The number of carbonyl (C=O) groups is 1. The van der Waals surface area contributed by atoms with Crippen LogP contribution in [0.1, 0.15) is 23.2 Å². The number of amides is 1. The number of aromatic hydroxyl groups is 1.